The summed E-state index contributed by atoms with van der Waals surface area (Å²) in [5.74, 6) is -2.26. The summed E-state index contributed by atoms with van der Waals surface area (Å²) in [5, 5.41) is 13.9. The lowest BCUT2D eigenvalue weighted by Gasteiger charge is -2.17. The predicted octanol–water partition coefficient (Wildman–Crippen LogP) is 4.02. The Labute approximate surface area is 222 Å². The molecule has 0 spiro atoms. The Morgan fingerprint density at radius 1 is 1.14 bits per heavy atom. The van der Waals surface area contributed by atoms with Crippen molar-refractivity contribution in [2.75, 3.05) is 12.3 Å². The van der Waals surface area contributed by atoms with Crippen LogP contribution in [0, 0.1) is 0 Å². The maximum Gasteiger partial charge on any atom is 0.416 e. The molecule has 204 valence electrons. The smallest absolute Gasteiger partial charge is 0.416 e. The Kier molecular flexibility index (Phi) is 10.8. The van der Waals surface area contributed by atoms with Crippen LogP contribution in [0.2, 0.25) is 10.0 Å². The van der Waals surface area contributed by atoms with E-state index in [2.05, 4.69) is 10.6 Å². The van der Waals surface area contributed by atoms with Crippen molar-refractivity contribution in [3.05, 3.63) is 62.6 Å². The first-order chi connectivity index (χ1) is 17.2. The number of amides is 1. The number of carboxylic acids is 1. The van der Waals surface area contributed by atoms with Crippen molar-refractivity contribution in [3.8, 4) is 0 Å². The summed E-state index contributed by atoms with van der Waals surface area (Å²) in [5.41, 5.74) is 3.82. The van der Waals surface area contributed by atoms with Gasteiger partial charge in [0.1, 0.15) is 6.04 Å². The monoisotopic (exact) mass is 583 g/mol. The number of carboxylic acid groups (broad SMARTS) is 1. The van der Waals surface area contributed by atoms with E-state index in [4.69, 9.17) is 34.0 Å². The van der Waals surface area contributed by atoms with E-state index in [9.17, 15) is 31.2 Å². The number of aliphatic carboxylic acids is 1. The number of hydrogen-bond donors (Lipinski definition) is 4. The van der Waals surface area contributed by atoms with Crippen molar-refractivity contribution in [2.45, 2.75) is 50.0 Å². The zero-order valence-electron chi connectivity index (χ0n) is 19.7. The SMILES string of the molecule is CCS(=O)(=O)c1ccc(Cl)cc1CNC(=O)c1cc(Cl)c(CNCCCC(N)C(=O)O)c(C(F)(F)F)c1. The number of halogens is 5. The Bertz CT molecular complexity index is 1260. The van der Waals surface area contributed by atoms with Crippen LogP contribution in [0.4, 0.5) is 13.2 Å². The highest BCUT2D eigenvalue weighted by atomic mass is 35.5. The average molecular weight is 584 g/mol. The quantitative estimate of drug-likeness (QED) is 0.277. The van der Waals surface area contributed by atoms with Gasteiger partial charge in [-0.3, -0.25) is 9.59 Å². The maximum atomic E-state index is 13.8. The van der Waals surface area contributed by atoms with Gasteiger partial charge in [0.2, 0.25) is 0 Å². The number of nitrogens with one attached hydrogen (secondary N) is 2. The van der Waals surface area contributed by atoms with Gasteiger partial charge in [0, 0.05) is 28.7 Å². The molecule has 1 unspecified atom stereocenters. The third-order valence-electron chi connectivity index (χ3n) is 5.43. The zero-order valence-corrected chi connectivity index (χ0v) is 22.0. The fourth-order valence-corrected chi connectivity index (χ4v) is 5.00. The number of hydrogen-bond acceptors (Lipinski definition) is 6. The highest BCUT2D eigenvalue weighted by Gasteiger charge is 2.35. The third kappa shape index (κ3) is 8.57. The summed E-state index contributed by atoms with van der Waals surface area (Å²) in [7, 11) is -3.64. The number of alkyl halides is 3. The van der Waals surface area contributed by atoms with E-state index >= 15 is 0 Å². The van der Waals surface area contributed by atoms with Crippen molar-refractivity contribution < 1.29 is 36.3 Å². The Morgan fingerprint density at radius 2 is 1.81 bits per heavy atom. The molecule has 0 heterocycles. The number of rotatable bonds is 12. The van der Waals surface area contributed by atoms with E-state index in [0.29, 0.717) is 12.5 Å². The summed E-state index contributed by atoms with van der Waals surface area (Å²) in [4.78, 5) is 23.4. The first-order valence-electron chi connectivity index (χ1n) is 11.1. The second-order valence-corrected chi connectivity index (χ2v) is 11.2. The molecule has 2 aromatic carbocycles. The number of carbonyl (C=O) groups excluding carboxylic acids is 1. The molecule has 0 saturated carbocycles. The molecule has 0 saturated heterocycles. The fourth-order valence-electron chi connectivity index (χ4n) is 3.41. The summed E-state index contributed by atoms with van der Waals surface area (Å²) < 4.78 is 66.0. The van der Waals surface area contributed by atoms with E-state index in [1.165, 1.54) is 25.1 Å². The van der Waals surface area contributed by atoms with Crippen LogP contribution >= 0.6 is 23.2 Å². The molecule has 1 atom stereocenters. The van der Waals surface area contributed by atoms with Gasteiger partial charge in [0.05, 0.1) is 16.2 Å². The van der Waals surface area contributed by atoms with Crippen molar-refractivity contribution in [3.63, 3.8) is 0 Å². The highest BCUT2D eigenvalue weighted by Crippen LogP contribution is 2.36. The Hall–Kier alpha value is -2.38. The van der Waals surface area contributed by atoms with Crippen molar-refractivity contribution in [1.29, 1.82) is 0 Å². The molecule has 5 N–H and O–H groups in total. The minimum absolute atomic E-state index is 0.0422. The second-order valence-electron chi connectivity index (χ2n) is 8.08. The van der Waals surface area contributed by atoms with Gasteiger partial charge in [0.25, 0.3) is 5.91 Å². The molecule has 14 heteroatoms. The van der Waals surface area contributed by atoms with Gasteiger partial charge in [-0.25, -0.2) is 8.42 Å². The number of sulfone groups is 1. The normalized spacial score (nSPS) is 12.8. The molecule has 1 amide bonds. The summed E-state index contributed by atoms with van der Waals surface area (Å²) >= 11 is 12.1. The van der Waals surface area contributed by atoms with Crippen LogP contribution in [0.25, 0.3) is 0 Å². The Balaban J connectivity index is 2.21. The Morgan fingerprint density at radius 3 is 2.41 bits per heavy atom. The van der Waals surface area contributed by atoms with E-state index in [-0.39, 0.29) is 63.4 Å². The molecule has 0 aromatic heterocycles. The molecular formula is C23H26Cl2F3N3O5S. The van der Waals surface area contributed by atoms with E-state index in [1.807, 2.05) is 0 Å². The van der Waals surface area contributed by atoms with Crippen LogP contribution in [0.5, 0.6) is 0 Å². The van der Waals surface area contributed by atoms with Crippen LogP contribution in [0.3, 0.4) is 0 Å². The largest absolute Gasteiger partial charge is 0.480 e. The van der Waals surface area contributed by atoms with Crippen LogP contribution < -0.4 is 16.4 Å². The first kappa shape index (κ1) is 30.8. The molecular weight excluding hydrogens is 558 g/mol. The molecule has 8 nitrogen and oxygen atoms in total. The zero-order chi connectivity index (χ0) is 28.0. The van der Waals surface area contributed by atoms with Gasteiger partial charge in [-0.05, 0) is 60.8 Å². The topological polar surface area (TPSA) is 139 Å². The van der Waals surface area contributed by atoms with Crippen LogP contribution in [-0.4, -0.2) is 43.7 Å². The lowest BCUT2D eigenvalue weighted by Crippen LogP contribution is -2.31. The van der Waals surface area contributed by atoms with E-state index in [1.54, 1.807) is 0 Å². The van der Waals surface area contributed by atoms with Gasteiger partial charge < -0.3 is 21.5 Å². The van der Waals surface area contributed by atoms with Crippen molar-refractivity contribution in [2.24, 2.45) is 5.73 Å². The summed E-state index contributed by atoms with van der Waals surface area (Å²) in [6.45, 7) is 1.07. The molecule has 2 aromatic rings. The molecule has 0 bridgehead atoms. The number of nitrogens with two attached hydrogens (primary N) is 1. The molecule has 0 aliphatic heterocycles. The first-order valence-corrected chi connectivity index (χ1v) is 13.5. The lowest BCUT2D eigenvalue weighted by molar-refractivity contribution is -0.139. The van der Waals surface area contributed by atoms with Crippen molar-refractivity contribution >= 4 is 44.9 Å². The van der Waals surface area contributed by atoms with Gasteiger partial charge in [-0.2, -0.15) is 13.2 Å². The van der Waals surface area contributed by atoms with Crippen LogP contribution in [0.15, 0.2) is 35.2 Å². The minimum Gasteiger partial charge on any atom is -0.480 e. The predicted molar refractivity (Wildman–Crippen MR) is 133 cm³/mol. The maximum absolute atomic E-state index is 13.8. The minimum atomic E-state index is -4.82. The van der Waals surface area contributed by atoms with Gasteiger partial charge in [-0.15, -0.1) is 0 Å². The van der Waals surface area contributed by atoms with Gasteiger partial charge in [-0.1, -0.05) is 30.1 Å². The molecule has 0 aliphatic carbocycles. The number of benzene rings is 2. The van der Waals surface area contributed by atoms with Crippen LogP contribution in [-0.2, 0) is 33.9 Å². The standard InChI is InChI=1S/C23H26Cl2F3N3O5S/c1-2-37(35,36)20-6-5-15(24)8-14(20)11-31-21(32)13-9-17(23(26,27)28)16(18(25)10-13)12-30-7-3-4-19(29)22(33)34/h5-6,8-10,19,30H,2-4,7,11-12,29H2,1H3,(H,31,32)(H,33,34). The molecule has 0 fully saturated rings. The second kappa shape index (κ2) is 12.9. The van der Waals surface area contributed by atoms with Crippen LogP contribution in [0.1, 0.15) is 46.8 Å². The summed E-state index contributed by atoms with van der Waals surface area (Å²) in [6, 6.07) is 4.73. The fraction of sp³-hybridized carbons (Fsp3) is 0.391. The van der Waals surface area contributed by atoms with Gasteiger partial charge >= 0.3 is 12.1 Å². The third-order valence-corrected chi connectivity index (χ3v) is 7.83. The van der Waals surface area contributed by atoms with E-state index < -0.39 is 39.5 Å². The van der Waals surface area contributed by atoms with E-state index in [0.717, 1.165) is 6.07 Å². The molecule has 0 radical (unpaired) electrons. The average Bonchev–Trinajstić information content (AvgIpc) is 2.81. The highest BCUT2D eigenvalue weighted by molar-refractivity contribution is 7.91. The molecule has 2 rings (SSSR count). The lowest BCUT2D eigenvalue weighted by atomic mass is 10.0. The molecule has 37 heavy (non-hydrogen) atoms. The molecule has 0 aliphatic rings. The summed E-state index contributed by atoms with van der Waals surface area (Å²) in [6.07, 6.45) is -4.38. The number of carbonyl (C=O) groups is 2. The van der Waals surface area contributed by atoms with Crippen molar-refractivity contribution in [1.82, 2.24) is 10.6 Å². The van der Waals surface area contributed by atoms with Gasteiger partial charge in [0.15, 0.2) is 9.84 Å².